The third-order valence-electron chi connectivity index (χ3n) is 5.02. The molecule has 4 heterocycles. The van der Waals surface area contributed by atoms with Crippen LogP contribution in [0.25, 0.3) is 0 Å². The number of fused-ring (bicyclic) bond motifs is 4. The van der Waals surface area contributed by atoms with Crippen LogP contribution >= 0.6 is 0 Å². The van der Waals surface area contributed by atoms with Crippen LogP contribution in [0.1, 0.15) is 25.7 Å². The standard InChI is InChI=1S/C16H23FN4/c17-9-12-3-1-8-21(10-12)15-6-5-14-16(19-15)18-13-4-2-7-20(14)11-13/h5-6,12-13H,1-4,7-11H2,(H,18,19)/t12?,13-/m0/s1. The van der Waals surface area contributed by atoms with Gasteiger partial charge in [0.05, 0.1) is 12.4 Å². The molecule has 0 aromatic carbocycles. The summed E-state index contributed by atoms with van der Waals surface area (Å²) < 4.78 is 12.9. The van der Waals surface area contributed by atoms with E-state index >= 15 is 0 Å². The zero-order valence-corrected chi connectivity index (χ0v) is 12.4. The number of hydrogen-bond acceptors (Lipinski definition) is 4. The first kappa shape index (κ1) is 13.2. The molecule has 0 saturated carbocycles. The average Bonchev–Trinajstić information content (AvgIpc) is 2.54. The van der Waals surface area contributed by atoms with Crippen LogP contribution in [0.2, 0.25) is 0 Å². The van der Waals surface area contributed by atoms with Gasteiger partial charge in [-0.2, -0.15) is 0 Å². The number of halogens is 1. The molecule has 5 heteroatoms. The molecular weight excluding hydrogens is 267 g/mol. The summed E-state index contributed by atoms with van der Waals surface area (Å²) in [6, 6.07) is 4.83. The summed E-state index contributed by atoms with van der Waals surface area (Å²) in [6.07, 6.45) is 4.56. The topological polar surface area (TPSA) is 31.4 Å². The molecule has 114 valence electrons. The number of nitrogens with one attached hydrogen (secondary N) is 1. The smallest absolute Gasteiger partial charge is 0.152 e. The largest absolute Gasteiger partial charge is 0.366 e. The number of nitrogens with zero attached hydrogens (tertiary/aromatic N) is 3. The molecule has 1 aromatic heterocycles. The van der Waals surface area contributed by atoms with Crippen molar-refractivity contribution in [2.75, 3.05) is 48.0 Å². The van der Waals surface area contributed by atoms with Crippen molar-refractivity contribution in [1.82, 2.24) is 4.98 Å². The van der Waals surface area contributed by atoms with Crippen LogP contribution in [0.5, 0.6) is 0 Å². The number of aromatic nitrogens is 1. The zero-order chi connectivity index (χ0) is 14.2. The first-order valence-electron chi connectivity index (χ1n) is 8.17. The summed E-state index contributed by atoms with van der Waals surface area (Å²) in [6.45, 7) is 3.82. The van der Waals surface area contributed by atoms with E-state index in [9.17, 15) is 4.39 Å². The molecule has 2 fully saturated rings. The first-order chi connectivity index (χ1) is 10.3. The van der Waals surface area contributed by atoms with E-state index in [0.717, 1.165) is 50.7 Å². The Kier molecular flexibility index (Phi) is 3.36. The fourth-order valence-corrected chi connectivity index (χ4v) is 3.89. The monoisotopic (exact) mass is 290 g/mol. The Bertz CT molecular complexity index is 521. The quantitative estimate of drug-likeness (QED) is 0.907. The molecule has 0 radical (unpaired) electrons. The summed E-state index contributed by atoms with van der Waals surface area (Å²) in [5, 5.41) is 3.58. The van der Waals surface area contributed by atoms with Crippen molar-refractivity contribution >= 4 is 17.3 Å². The van der Waals surface area contributed by atoms with Gasteiger partial charge in [0.1, 0.15) is 5.82 Å². The fourth-order valence-electron chi connectivity index (χ4n) is 3.89. The van der Waals surface area contributed by atoms with Crippen LogP contribution in [-0.2, 0) is 0 Å². The van der Waals surface area contributed by atoms with Gasteiger partial charge in [-0.1, -0.05) is 0 Å². The van der Waals surface area contributed by atoms with E-state index in [-0.39, 0.29) is 12.6 Å². The van der Waals surface area contributed by atoms with Crippen LogP contribution in [0.3, 0.4) is 0 Å². The van der Waals surface area contributed by atoms with Crippen molar-refractivity contribution in [2.45, 2.75) is 31.7 Å². The van der Waals surface area contributed by atoms with Crippen LogP contribution in [0.4, 0.5) is 21.7 Å². The van der Waals surface area contributed by atoms with Gasteiger partial charge in [-0.25, -0.2) is 4.98 Å². The molecule has 2 saturated heterocycles. The summed E-state index contributed by atoms with van der Waals surface area (Å²) in [5.74, 6) is 2.19. The average molecular weight is 290 g/mol. The van der Waals surface area contributed by atoms with Crippen molar-refractivity contribution in [3.05, 3.63) is 12.1 Å². The minimum absolute atomic E-state index is 0.174. The van der Waals surface area contributed by atoms with Crippen LogP contribution in [-0.4, -0.2) is 43.9 Å². The molecule has 1 unspecified atom stereocenters. The molecule has 2 bridgehead atoms. The lowest BCUT2D eigenvalue weighted by molar-refractivity contribution is 0.315. The van der Waals surface area contributed by atoms with Gasteiger partial charge in [-0.05, 0) is 37.8 Å². The predicted molar refractivity (Wildman–Crippen MR) is 84.0 cm³/mol. The Balaban J connectivity index is 1.59. The van der Waals surface area contributed by atoms with Gasteiger partial charge in [0.25, 0.3) is 0 Å². The summed E-state index contributed by atoms with van der Waals surface area (Å²) >= 11 is 0. The summed E-state index contributed by atoms with van der Waals surface area (Å²) in [4.78, 5) is 9.53. The van der Waals surface area contributed by atoms with Gasteiger partial charge in [0.15, 0.2) is 5.82 Å². The molecule has 3 aliphatic heterocycles. The van der Waals surface area contributed by atoms with Crippen molar-refractivity contribution < 1.29 is 4.39 Å². The molecule has 4 rings (SSSR count). The minimum atomic E-state index is -0.213. The second-order valence-electron chi connectivity index (χ2n) is 6.58. The van der Waals surface area contributed by atoms with Gasteiger partial charge < -0.3 is 15.1 Å². The molecule has 0 spiro atoms. The summed E-state index contributed by atoms with van der Waals surface area (Å²) in [5.41, 5.74) is 1.23. The van der Waals surface area contributed by atoms with E-state index in [1.54, 1.807) is 0 Å². The number of piperidine rings is 2. The van der Waals surface area contributed by atoms with Gasteiger partial charge in [0.2, 0.25) is 0 Å². The fraction of sp³-hybridized carbons (Fsp3) is 0.688. The third-order valence-corrected chi connectivity index (χ3v) is 5.02. The highest BCUT2D eigenvalue weighted by Gasteiger charge is 2.29. The highest BCUT2D eigenvalue weighted by molar-refractivity contribution is 5.71. The maximum atomic E-state index is 12.9. The van der Waals surface area contributed by atoms with E-state index in [1.165, 1.54) is 18.5 Å². The Morgan fingerprint density at radius 3 is 2.90 bits per heavy atom. The van der Waals surface area contributed by atoms with Gasteiger partial charge >= 0.3 is 0 Å². The number of anilines is 3. The second kappa shape index (κ2) is 5.35. The molecule has 1 N–H and O–H groups in total. The van der Waals surface area contributed by atoms with Gasteiger partial charge in [0, 0.05) is 38.1 Å². The van der Waals surface area contributed by atoms with E-state index < -0.39 is 0 Å². The van der Waals surface area contributed by atoms with Crippen molar-refractivity contribution in [3.63, 3.8) is 0 Å². The maximum Gasteiger partial charge on any atom is 0.152 e. The number of alkyl halides is 1. The number of pyridine rings is 1. The first-order valence-corrected chi connectivity index (χ1v) is 8.17. The highest BCUT2D eigenvalue weighted by atomic mass is 19.1. The molecule has 3 aliphatic rings. The van der Waals surface area contributed by atoms with Crippen LogP contribution in [0, 0.1) is 5.92 Å². The lowest BCUT2D eigenvalue weighted by Gasteiger charge is -2.41. The van der Waals surface area contributed by atoms with E-state index in [4.69, 9.17) is 4.98 Å². The zero-order valence-electron chi connectivity index (χ0n) is 12.4. The van der Waals surface area contributed by atoms with Crippen molar-refractivity contribution in [3.8, 4) is 0 Å². The minimum Gasteiger partial charge on any atom is -0.366 e. The normalized spacial score (nSPS) is 28.0. The Hall–Kier alpha value is -1.52. The molecule has 0 amide bonds. The van der Waals surface area contributed by atoms with E-state index in [2.05, 4.69) is 27.2 Å². The van der Waals surface area contributed by atoms with Gasteiger partial charge in [-0.15, -0.1) is 0 Å². The Morgan fingerprint density at radius 1 is 1.14 bits per heavy atom. The van der Waals surface area contributed by atoms with E-state index in [1.807, 2.05) is 0 Å². The predicted octanol–water partition coefficient (Wildman–Crippen LogP) is 2.66. The molecule has 21 heavy (non-hydrogen) atoms. The maximum absolute atomic E-state index is 12.9. The van der Waals surface area contributed by atoms with Crippen molar-refractivity contribution in [2.24, 2.45) is 5.92 Å². The van der Waals surface area contributed by atoms with Gasteiger partial charge in [-0.3, -0.25) is 4.39 Å². The Morgan fingerprint density at radius 2 is 2.00 bits per heavy atom. The molecule has 0 aliphatic carbocycles. The van der Waals surface area contributed by atoms with Crippen molar-refractivity contribution in [1.29, 1.82) is 0 Å². The third kappa shape index (κ3) is 2.43. The lowest BCUT2D eigenvalue weighted by Crippen LogP contribution is -2.46. The second-order valence-corrected chi connectivity index (χ2v) is 6.58. The number of hydrogen-bond donors (Lipinski definition) is 1. The molecule has 2 atom stereocenters. The molecule has 1 aromatic rings. The number of rotatable bonds is 2. The summed E-state index contributed by atoms with van der Waals surface area (Å²) in [7, 11) is 0. The SMILES string of the molecule is FCC1CCCN(c2ccc3c(n2)N[C@H]2CCCN3C2)C1. The Labute approximate surface area is 125 Å². The van der Waals surface area contributed by atoms with Crippen LogP contribution < -0.4 is 15.1 Å². The lowest BCUT2D eigenvalue weighted by atomic mass is 9.99. The molecular formula is C16H23FN4. The molecule has 4 nitrogen and oxygen atoms in total. The van der Waals surface area contributed by atoms with Crippen LogP contribution in [0.15, 0.2) is 12.1 Å². The van der Waals surface area contributed by atoms with E-state index in [0.29, 0.717) is 6.04 Å². The highest BCUT2D eigenvalue weighted by Crippen LogP contribution is 2.35.